The van der Waals surface area contributed by atoms with Crippen LogP contribution in [0.15, 0.2) is 0 Å². The van der Waals surface area contributed by atoms with Gasteiger partial charge in [0.15, 0.2) is 0 Å². The summed E-state index contributed by atoms with van der Waals surface area (Å²) in [6.07, 6.45) is 1.01. The molecule has 0 saturated carbocycles. The second kappa shape index (κ2) is 3.70. The summed E-state index contributed by atoms with van der Waals surface area (Å²) in [4.78, 5) is 10.3. The molecular weight excluding hydrogens is 156 g/mol. The molecule has 0 amide bonds. The van der Waals surface area contributed by atoms with Crippen molar-refractivity contribution >= 4 is 17.8 Å². The zero-order chi connectivity index (χ0) is 8.97. The summed E-state index contributed by atoms with van der Waals surface area (Å²) in [6.45, 7) is 2.88. The maximum Gasteiger partial charge on any atom is 0.322 e. The van der Waals surface area contributed by atoms with E-state index in [0.717, 1.165) is 13.0 Å². The van der Waals surface area contributed by atoms with Gasteiger partial charge in [-0.1, -0.05) is 16.9 Å². The average molecular weight is 169 g/mol. The van der Waals surface area contributed by atoms with Crippen molar-refractivity contribution in [1.29, 1.82) is 0 Å². The fourth-order valence-electron chi connectivity index (χ4n) is 0.767. The molecule has 0 aliphatic heterocycles. The molecule has 0 bridgehead atoms. The number of nitrogens with one attached hydrogen (secondary N) is 2. The largest absolute Gasteiger partial charge is 0.351 e. The van der Waals surface area contributed by atoms with Gasteiger partial charge in [-0.3, -0.25) is 0 Å². The smallest absolute Gasteiger partial charge is 0.322 e. The number of hydrogen-bond acceptors (Lipinski definition) is 5. The van der Waals surface area contributed by atoms with Crippen LogP contribution in [0.5, 0.6) is 0 Å². The third kappa shape index (κ3) is 2.22. The lowest BCUT2D eigenvalue weighted by atomic mass is 10.5. The van der Waals surface area contributed by atoms with Gasteiger partial charge in [-0.05, 0) is 6.42 Å². The Labute approximate surface area is 70.4 Å². The predicted octanol–water partition coefficient (Wildman–Crippen LogP) is -0.723. The summed E-state index contributed by atoms with van der Waals surface area (Å²) in [5.74, 6) is 0.993. The van der Waals surface area contributed by atoms with Crippen LogP contribution < -0.4 is 21.8 Å². The van der Waals surface area contributed by atoms with E-state index >= 15 is 0 Å². The molecular formula is C6H13N6+. The molecule has 0 aliphatic rings. The van der Waals surface area contributed by atoms with E-state index in [1.807, 2.05) is 0 Å². The van der Waals surface area contributed by atoms with Gasteiger partial charge in [0.05, 0.1) is 0 Å². The van der Waals surface area contributed by atoms with E-state index in [1.165, 1.54) is 0 Å². The van der Waals surface area contributed by atoms with Crippen LogP contribution in [0, 0.1) is 0 Å². The third-order valence-corrected chi connectivity index (χ3v) is 1.25. The highest BCUT2D eigenvalue weighted by atomic mass is 15.2. The van der Waals surface area contributed by atoms with Gasteiger partial charge in [0, 0.05) is 6.54 Å². The first-order valence-corrected chi connectivity index (χ1v) is 3.78. The van der Waals surface area contributed by atoms with Crippen molar-refractivity contribution in [1.82, 2.24) is 9.97 Å². The SMILES string of the molecule is CCCNc1nc(N)nc(N)[nH+]1. The Bertz CT molecular complexity index is 240. The summed E-state index contributed by atoms with van der Waals surface area (Å²) >= 11 is 0. The molecule has 6 heteroatoms. The van der Waals surface area contributed by atoms with Gasteiger partial charge in [0.1, 0.15) is 0 Å². The van der Waals surface area contributed by atoms with Crippen molar-refractivity contribution in [2.75, 3.05) is 23.3 Å². The maximum atomic E-state index is 5.40. The molecule has 0 aromatic carbocycles. The molecule has 0 radical (unpaired) electrons. The van der Waals surface area contributed by atoms with Crippen LogP contribution in [0.1, 0.15) is 13.3 Å². The fraction of sp³-hybridized carbons (Fsp3) is 0.500. The van der Waals surface area contributed by atoms with Crippen LogP contribution in [-0.2, 0) is 0 Å². The van der Waals surface area contributed by atoms with E-state index in [4.69, 9.17) is 11.5 Å². The molecule has 1 heterocycles. The Morgan fingerprint density at radius 2 is 2.17 bits per heavy atom. The van der Waals surface area contributed by atoms with Crippen LogP contribution in [-0.4, -0.2) is 16.5 Å². The molecule has 12 heavy (non-hydrogen) atoms. The van der Waals surface area contributed by atoms with Gasteiger partial charge in [-0.15, -0.1) is 0 Å². The van der Waals surface area contributed by atoms with Crippen LogP contribution in [0.25, 0.3) is 0 Å². The van der Waals surface area contributed by atoms with Crippen molar-refractivity contribution in [3.63, 3.8) is 0 Å². The Balaban J connectivity index is 2.72. The number of nitrogens with two attached hydrogens (primary N) is 2. The zero-order valence-corrected chi connectivity index (χ0v) is 6.96. The number of aromatic amines is 1. The number of aromatic nitrogens is 3. The highest BCUT2D eigenvalue weighted by molar-refractivity contribution is 5.29. The molecule has 6 N–H and O–H groups in total. The van der Waals surface area contributed by atoms with Crippen LogP contribution in [0.4, 0.5) is 17.8 Å². The van der Waals surface area contributed by atoms with E-state index in [1.54, 1.807) is 0 Å². The first kappa shape index (κ1) is 8.51. The van der Waals surface area contributed by atoms with Crippen LogP contribution >= 0.6 is 0 Å². The van der Waals surface area contributed by atoms with Gasteiger partial charge in [0.2, 0.25) is 0 Å². The minimum Gasteiger partial charge on any atom is -0.351 e. The summed E-state index contributed by atoms with van der Waals surface area (Å²) in [5.41, 5.74) is 10.8. The number of H-pyrrole nitrogens is 1. The van der Waals surface area contributed by atoms with Crippen LogP contribution in [0.3, 0.4) is 0 Å². The standard InChI is InChI=1S/C6H12N6/c1-2-3-9-6-11-4(7)10-5(8)12-6/h2-3H2,1H3,(H5,7,8,9,10,11,12)/p+1. The molecule has 1 rings (SSSR count). The molecule has 0 aliphatic carbocycles. The molecule has 6 nitrogen and oxygen atoms in total. The molecule has 0 spiro atoms. The van der Waals surface area contributed by atoms with Gasteiger partial charge < -0.3 is 16.8 Å². The number of nitrogens with zero attached hydrogens (tertiary/aromatic N) is 2. The molecule has 66 valence electrons. The number of anilines is 3. The molecule has 0 atom stereocenters. The van der Waals surface area contributed by atoms with Gasteiger partial charge >= 0.3 is 17.8 Å². The lowest BCUT2D eigenvalue weighted by Crippen LogP contribution is -2.22. The molecule has 0 saturated heterocycles. The first-order chi connectivity index (χ1) is 5.72. The van der Waals surface area contributed by atoms with Gasteiger partial charge in [-0.25, -0.2) is 4.98 Å². The minimum atomic E-state index is 0.171. The van der Waals surface area contributed by atoms with Gasteiger partial charge in [0.25, 0.3) is 0 Å². The number of hydrogen-bond donors (Lipinski definition) is 3. The normalized spacial score (nSPS) is 9.75. The lowest BCUT2D eigenvalue weighted by molar-refractivity contribution is -0.351. The summed E-state index contributed by atoms with van der Waals surface area (Å²) < 4.78 is 0. The second-order valence-corrected chi connectivity index (χ2v) is 2.37. The summed E-state index contributed by atoms with van der Waals surface area (Å²) in [6, 6.07) is 0. The van der Waals surface area contributed by atoms with Crippen molar-refractivity contribution in [3.05, 3.63) is 0 Å². The van der Waals surface area contributed by atoms with Crippen molar-refractivity contribution in [3.8, 4) is 0 Å². The molecule has 0 fully saturated rings. The average Bonchev–Trinajstić information content (AvgIpc) is 1.99. The second-order valence-electron chi connectivity index (χ2n) is 2.37. The Kier molecular flexibility index (Phi) is 2.62. The Morgan fingerprint density at radius 3 is 2.75 bits per heavy atom. The molecule has 0 unspecified atom stereocenters. The van der Waals surface area contributed by atoms with Crippen molar-refractivity contribution < 1.29 is 4.98 Å². The maximum absolute atomic E-state index is 5.40. The van der Waals surface area contributed by atoms with Crippen LogP contribution in [0.2, 0.25) is 0 Å². The highest BCUT2D eigenvalue weighted by Crippen LogP contribution is 1.96. The first-order valence-electron chi connectivity index (χ1n) is 3.78. The van der Waals surface area contributed by atoms with Gasteiger partial charge in [-0.2, -0.15) is 0 Å². The Morgan fingerprint density at radius 1 is 1.42 bits per heavy atom. The topological polar surface area (TPSA) is 104 Å². The fourth-order valence-corrected chi connectivity index (χ4v) is 0.767. The zero-order valence-electron chi connectivity index (χ0n) is 6.96. The van der Waals surface area contributed by atoms with E-state index < -0.39 is 0 Å². The van der Waals surface area contributed by atoms with E-state index in [0.29, 0.717) is 5.95 Å². The highest BCUT2D eigenvalue weighted by Gasteiger charge is 2.05. The third-order valence-electron chi connectivity index (χ3n) is 1.25. The molecule has 1 aromatic rings. The number of rotatable bonds is 3. The summed E-state index contributed by atoms with van der Waals surface area (Å²) in [7, 11) is 0. The van der Waals surface area contributed by atoms with E-state index in [-0.39, 0.29) is 11.9 Å². The minimum absolute atomic E-state index is 0.171. The number of nitrogen functional groups attached to an aromatic ring is 2. The summed E-state index contributed by atoms with van der Waals surface area (Å²) in [5, 5.41) is 3.01. The molecule has 1 aromatic heterocycles. The van der Waals surface area contributed by atoms with Crippen molar-refractivity contribution in [2.45, 2.75) is 13.3 Å². The van der Waals surface area contributed by atoms with E-state index in [2.05, 4.69) is 27.2 Å². The van der Waals surface area contributed by atoms with Crippen molar-refractivity contribution in [2.24, 2.45) is 0 Å². The quantitative estimate of drug-likeness (QED) is 0.553. The predicted molar refractivity (Wildman–Crippen MR) is 46.2 cm³/mol. The van der Waals surface area contributed by atoms with E-state index in [9.17, 15) is 0 Å². The monoisotopic (exact) mass is 169 g/mol. The Hall–Kier alpha value is -1.59. The lowest BCUT2D eigenvalue weighted by Gasteiger charge is -1.97.